The molecular weight excluding hydrogens is 262 g/mol. The summed E-state index contributed by atoms with van der Waals surface area (Å²) in [4.78, 5) is 10.9. The third-order valence-electron chi connectivity index (χ3n) is 3.63. The molecule has 0 aromatic carbocycles. The molecule has 19 heavy (non-hydrogen) atoms. The van der Waals surface area contributed by atoms with Crippen molar-refractivity contribution in [1.82, 2.24) is 14.9 Å². The number of nitrogens with one attached hydrogen (secondary N) is 2. The predicted octanol–water partition coefficient (Wildman–Crippen LogP) is 2.46. The summed E-state index contributed by atoms with van der Waals surface area (Å²) in [6.45, 7) is 6.16. The largest absolute Gasteiger partial charge is 0.366 e. The smallest absolute Gasteiger partial charge is 0.224 e. The molecule has 2 rings (SSSR count). The zero-order valence-electron chi connectivity index (χ0n) is 11.8. The van der Waals surface area contributed by atoms with E-state index in [1.165, 1.54) is 0 Å². The van der Waals surface area contributed by atoms with Gasteiger partial charge in [0.15, 0.2) is 5.82 Å². The average Bonchev–Trinajstić information content (AvgIpc) is 2.38. The first-order valence-electron chi connectivity index (χ1n) is 6.83. The molecule has 0 bridgehead atoms. The zero-order chi connectivity index (χ0) is 13.8. The molecule has 1 saturated heterocycles. The molecule has 0 aliphatic carbocycles. The van der Waals surface area contributed by atoms with Gasteiger partial charge >= 0.3 is 0 Å². The molecule has 1 aliphatic rings. The number of piperidine rings is 1. The zero-order valence-corrected chi connectivity index (χ0v) is 12.5. The van der Waals surface area contributed by atoms with E-state index in [2.05, 4.69) is 39.5 Å². The van der Waals surface area contributed by atoms with E-state index in [0.717, 1.165) is 31.7 Å². The van der Waals surface area contributed by atoms with Gasteiger partial charge in [0.1, 0.15) is 5.02 Å². The number of rotatable bonds is 4. The molecule has 2 N–H and O–H groups in total. The fraction of sp³-hybridized carbons (Fsp3) is 0.692. The number of anilines is 2. The second-order valence-corrected chi connectivity index (χ2v) is 5.52. The third-order valence-corrected chi connectivity index (χ3v) is 3.90. The van der Waals surface area contributed by atoms with Gasteiger partial charge in [-0.25, -0.2) is 4.98 Å². The highest BCUT2D eigenvalue weighted by atomic mass is 35.5. The van der Waals surface area contributed by atoms with Gasteiger partial charge in [-0.15, -0.1) is 0 Å². The Morgan fingerprint density at radius 3 is 3.00 bits per heavy atom. The Labute approximate surface area is 119 Å². The highest BCUT2D eigenvalue weighted by Gasteiger charge is 2.23. The summed E-state index contributed by atoms with van der Waals surface area (Å²) >= 11 is 6.15. The van der Waals surface area contributed by atoms with Crippen LogP contribution in [0.5, 0.6) is 0 Å². The van der Waals surface area contributed by atoms with Gasteiger partial charge in [-0.1, -0.05) is 11.6 Å². The van der Waals surface area contributed by atoms with Gasteiger partial charge < -0.3 is 15.5 Å². The molecule has 2 heterocycles. The minimum Gasteiger partial charge on any atom is -0.366 e. The van der Waals surface area contributed by atoms with Crippen LogP contribution in [-0.4, -0.2) is 47.1 Å². The quantitative estimate of drug-likeness (QED) is 0.889. The lowest BCUT2D eigenvalue weighted by Crippen LogP contribution is -2.42. The summed E-state index contributed by atoms with van der Waals surface area (Å²) in [5.41, 5.74) is 0. The fourth-order valence-electron chi connectivity index (χ4n) is 2.33. The Morgan fingerprint density at radius 1 is 1.53 bits per heavy atom. The highest BCUT2D eigenvalue weighted by molar-refractivity contribution is 6.32. The second-order valence-electron chi connectivity index (χ2n) is 5.12. The van der Waals surface area contributed by atoms with Gasteiger partial charge in [-0.3, -0.25) is 0 Å². The van der Waals surface area contributed by atoms with Crippen molar-refractivity contribution >= 4 is 23.4 Å². The Morgan fingerprint density at radius 2 is 2.32 bits per heavy atom. The molecule has 1 aromatic rings. The van der Waals surface area contributed by atoms with Crippen molar-refractivity contribution in [2.24, 2.45) is 0 Å². The minimum absolute atomic E-state index is 0.424. The molecule has 0 amide bonds. The van der Waals surface area contributed by atoms with E-state index in [4.69, 9.17) is 11.6 Å². The lowest BCUT2D eigenvalue weighted by molar-refractivity contribution is 0.190. The Bertz CT molecular complexity index is 425. The van der Waals surface area contributed by atoms with Crippen molar-refractivity contribution in [2.75, 3.05) is 30.8 Å². The average molecular weight is 284 g/mol. The molecule has 2 unspecified atom stereocenters. The summed E-state index contributed by atoms with van der Waals surface area (Å²) in [6.07, 6.45) is 3.86. The van der Waals surface area contributed by atoms with E-state index in [0.29, 0.717) is 23.1 Å². The Hall–Kier alpha value is -1.07. The van der Waals surface area contributed by atoms with Crippen LogP contribution in [0.1, 0.15) is 26.7 Å². The fourth-order valence-corrected chi connectivity index (χ4v) is 2.47. The molecule has 1 fully saturated rings. The standard InChI is InChI=1S/C13H22ClN5/c1-4-15-13-16-8-11(14)12(18-13)17-10-5-6-19(3)9(2)7-10/h8-10H,4-7H2,1-3H3,(H2,15,16,17,18). The molecular formula is C13H22ClN5. The number of hydrogen-bond acceptors (Lipinski definition) is 5. The van der Waals surface area contributed by atoms with Crippen molar-refractivity contribution < 1.29 is 0 Å². The third kappa shape index (κ3) is 3.70. The van der Waals surface area contributed by atoms with E-state index >= 15 is 0 Å². The summed E-state index contributed by atoms with van der Waals surface area (Å²) in [5.74, 6) is 1.35. The molecule has 0 radical (unpaired) electrons. The van der Waals surface area contributed by atoms with E-state index < -0.39 is 0 Å². The van der Waals surface area contributed by atoms with Gasteiger partial charge in [-0.05, 0) is 33.7 Å². The number of halogens is 1. The summed E-state index contributed by atoms with van der Waals surface area (Å²) in [7, 11) is 2.17. The maximum atomic E-state index is 6.15. The molecule has 1 aromatic heterocycles. The number of hydrogen-bond donors (Lipinski definition) is 2. The molecule has 0 spiro atoms. The summed E-state index contributed by atoms with van der Waals surface area (Å²) < 4.78 is 0. The van der Waals surface area contributed by atoms with E-state index in [1.54, 1.807) is 6.20 Å². The highest BCUT2D eigenvalue weighted by Crippen LogP contribution is 2.24. The van der Waals surface area contributed by atoms with Crippen LogP contribution in [0.4, 0.5) is 11.8 Å². The number of likely N-dealkylation sites (tertiary alicyclic amines) is 1. The van der Waals surface area contributed by atoms with E-state index in [1.807, 2.05) is 6.92 Å². The van der Waals surface area contributed by atoms with Crippen LogP contribution in [0.3, 0.4) is 0 Å². The van der Waals surface area contributed by atoms with Gasteiger partial charge in [-0.2, -0.15) is 4.98 Å². The van der Waals surface area contributed by atoms with Crippen LogP contribution in [-0.2, 0) is 0 Å². The van der Waals surface area contributed by atoms with Crippen molar-refractivity contribution in [1.29, 1.82) is 0 Å². The van der Waals surface area contributed by atoms with Crippen LogP contribution in [0.25, 0.3) is 0 Å². The molecule has 1 aliphatic heterocycles. The maximum Gasteiger partial charge on any atom is 0.224 e. The summed E-state index contributed by atoms with van der Waals surface area (Å²) in [6, 6.07) is 1.01. The van der Waals surface area contributed by atoms with Gasteiger partial charge in [0, 0.05) is 25.2 Å². The van der Waals surface area contributed by atoms with Crippen LogP contribution >= 0.6 is 11.6 Å². The predicted molar refractivity (Wildman–Crippen MR) is 79.9 cm³/mol. The van der Waals surface area contributed by atoms with E-state index in [-0.39, 0.29) is 0 Å². The number of aromatic nitrogens is 2. The van der Waals surface area contributed by atoms with Gasteiger partial charge in [0.2, 0.25) is 5.95 Å². The van der Waals surface area contributed by atoms with Crippen LogP contribution in [0, 0.1) is 0 Å². The topological polar surface area (TPSA) is 53.1 Å². The van der Waals surface area contributed by atoms with Crippen molar-refractivity contribution in [3.05, 3.63) is 11.2 Å². The Balaban J connectivity index is 2.04. The second kappa shape index (κ2) is 6.39. The first-order chi connectivity index (χ1) is 9.10. The van der Waals surface area contributed by atoms with Gasteiger partial charge in [0.25, 0.3) is 0 Å². The van der Waals surface area contributed by atoms with Crippen molar-refractivity contribution in [2.45, 2.75) is 38.8 Å². The monoisotopic (exact) mass is 283 g/mol. The van der Waals surface area contributed by atoms with E-state index in [9.17, 15) is 0 Å². The lowest BCUT2D eigenvalue weighted by Gasteiger charge is -2.35. The number of nitrogens with zero attached hydrogens (tertiary/aromatic N) is 3. The van der Waals surface area contributed by atoms with Crippen LogP contribution in [0.2, 0.25) is 5.02 Å². The lowest BCUT2D eigenvalue weighted by atomic mass is 9.99. The van der Waals surface area contributed by atoms with Crippen molar-refractivity contribution in [3.63, 3.8) is 0 Å². The normalized spacial score (nSPS) is 24.2. The molecule has 5 nitrogen and oxygen atoms in total. The molecule has 106 valence electrons. The van der Waals surface area contributed by atoms with Crippen LogP contribution < -0.4 is 10.6 Å². The Kier molecular flexibility index (Phi) is 4.82. The minimum atomic E-state index is 0.424. The van der Waals surface area contributed by atoms with Gasteiger partial charge in [0.05, 0.1) is 6.20 Å². The SMILES string of the molecule is CCNc1ncc(Cl)c(NC2CCN(C)C(C)C2)n1. The molecule has 2 atom stereocenters. The molecule has 0 saturated carbocycles. The first kappa shape index (κ1) is 14.3. The van der Waals surface area contributed by atoms with Crippen molar-refractivity contribution in [3.8, 4) is 0 Å². The molecule has 6 heteroatoms. The van der Waals surface area contributed by atoms with Crippen LogP contribution in [0.15, 0.2) is 6.20 Å². The summed E-state index contributed by atoms with van der Waals surface area (Å²) in [5, 5.41) is 7.13. The first-order valence-corrected chi connectivity index (χ1v) is 7.21. The maximum absolute atomic E-state index is 6.15.